The van der Waals surface area contributed by atoms with Crippen molar-refractivity contribution in [1.29, 1.82) is 0 Å². The molecule has 6 nitrogen and oxygen atoms in total. The van der Waals surface area contributed by atoms with E-state index in [2.05, 4.69) is 10.3 Å². The van der Waals surface area contributed by atoms with E-state index >= 15 is 0 Å². The molecule has 2 rings (SSSR count). The Morgan fingerprint density at radius 3 is 2.89 bits per heavy atom. The van der Waals surface area contributed by atoms with Crippen LogP contribution in [0.4, 0.5) is 0 Å². The molecule has 1 heterocycles. The molecule has 102 valence electrons. The summed E-state index contributed by atoms with van der Waals surface area (Å²) in [6.07, 6.45) is 2.52. The molecule has 2 N–H and O–H groups in total. The van der Waals surface area contributed by atoms with Gasteiger partial charge in [-0.05, 0) is 31.9 Å². The summed E-state index contributed by atoms with van der Waals surface area (Å²) in [5, 5.41) is 11.6. The molecule has 0 aliphatic heterocycles. The number of aromatic nitrogens is 1. The summed E-state index contributed by atoms with van der Waals surface area (Å²) < 4.78 is 5.28. The van der Waals surface area contributed by atoms with Gasteiger partial charge in [0.2, 0.25) is 5.88 Å². The number of carboxylic acids is 1. The number of carboxylic acid groups (broad SMARTS) is 1. The van der Waals surface area contributed by atoms with E-state index in [1.54, 1.807) is 18.3 Å². The van der Waals surface area contributed by atoms with Gasteiger partial charge < -0.3 is 15.2 Å². The van der Waals surface area contributed by atoms with Crippen molar-refractivity contribution in [2.75, 3.05) is 6.61 Å². The third-order valence-corrected chi connectivity index (χ3v) is 3.12. The third-order valence-electron chi connectivity index (χ3n) is 3.12. The molecule has 0 spiro atoms. The normalized spacial score (nSPS) is 21.3. The maximum absolute atomic E-state index is 12.0. The van der Waals surface area contributed by atoms with Gasteiger partial charge in [0.25, 0.3) is 5.91 Å². The highest BCUT2D eigenvalue weighted by molar-refractivity contribution is 5.96. The van der Waals surface area contributed by atoms with Crippen LogP contribution in [0, 0.1) is 5.92 Å². The molecule has 0 saturated heterocycles. The van der Waals surface area contributed by atoms with Crippen molar-refractivity contribution in [3.8, 4) is 5.88 Å². The number of ether oxygens (including phenoxy) is 1. The number of hydrogen-bond donors (Lipinski definition) is 2. The molecule has 0 aromatic carbocycles. The number of carbonyl (C=O) groups is 2. The van der Waals surface area contributed by atoms with Crippen LogP contribution in [-0.2, 0) is 4.79 Å². The topological polar surface area (TPSA) is 88.5 Å². The first kappa shape index (κ1) is 13.3. The number of aliphatic carboxylic acids is 1. The fraction of sp³-hybridized carbons (Fsp3) is 0.462. The minimum absolute atomic E-state index is 0.0803. The molecule has 6 heteroatoms. The van der Waals surface area contributed by atoms with E-state index in [4.69, 9.17) is 9.84 Å². The van der Waals surface area contributed by atoms with E-state index in [1.807, 2.05) is 6.92 Å². The Hall–Kier alpha value is -2.11. The molecule has 0 unspecified atom stereocenters. The van der Waals surface area contributed by atoms with Gasteiger partial charge in [-0.3, -0.25) is 9.59 Å². The summed E-state index contributed by atoms with van der Waals surface area (Å²) in [5.74, 6) is -1.12. The molecule has 0 bridgehead atoms. The Kier molecular flexibility index (Phi) is 3.99. The Balaban J connectivity index is 1.96. The van der Waals surface area contributed by atoms with Crippen molar-refractivity contribution < 1.29 is 19.4 Å². The van der Waals surface area contributed by atoms with Crippen LogP contribution in [0.2, 0.25) is 0 Å². The number of amides is 1. The van der Waals surface area contributed by atoms with Crippen molar-refractivity contribution in [2.45, 2.75) is 25.8 Å². The lowest BCUT2D eigenvalue weighted by atomic mass is 9.80. The monoisotopic (exact) mass is 264 g/mol. The largest absolute Gasteiger partial charge is 0.481 e. The Morgan fingerprint density at radius 1 is 1.53 bits per heavy atom. The van der Waals surface area contributed by atoms with Crippen molar-refractivity contribution in [3.63, 3.8) is 0 Å². The molecule has 1 fully saturated rings. The van der Waals surface area contributed by atoms with Crippen LogP contribution >= 0.6 is 0 Å². The zero-order valence-corrected chi connectivity index (χ0v) is 10.6. The minimum Gasteiger partial charge on any atom is -0.481 e. The minimum atomic E-state index is -0.804. The van der Waals surface area contributed by atoms with Crippen LogP contribution in [0.3, 0.4) is 0 Å². The molecule has 0 radical (unpaired) electrons. The molecule has 1 saturated carbocycles. The van der Waals surface area contributed by atoms with Crippen molar-refractivity contribution in [1.82, 2.24) is 10.3 Å². The van der Waals surface area contributed by atoms with Gasteiger partial charge in [0.1, 0.15) is 5.56 Å². The average Bonchev–Trinajstić information content (AvgIpc) is 2.33. The Bertz CT molecular complexity index is 483. The standard InChI is InChI=1S/C13H16N2O4/c1-2-19-12-10(4-3-5-14-12)11(16)15-9-6-8(7-9)13(17)18/h3-5,8-9H,2,6-7H2,1H3,(H,15,16)(H,17,18). The van der Waals surface area contributed by atoms with Gasteiger partial charge in [-0.2, -0.15) is 0 Å². The number of rotatable bonds is 5. The summed E-state index contributed by atoms with van der Waals surface area (Å²) in [6.45, 7) is 2.25. The molecule has 1 aliphatic rings. The lowest BCUT2D eigenvalue weighted by molar-refractivity contribution is -0.145. The molecule has 1 aromatic rings. The zero-order valence-electron chi connectivity index (χ0n) is 10.6. The molecule has 1 aromatic heterocycles. The van der Waals surface area contributed by atoms with Gasteiger partial charge in [-0.25, -0.2) is 4.98 Å². The first-order valence-electron chi connectivity index (χ1n) is 6.23. The molecule has 1 aliphatic carbocycles. The van der Waals surface area contributed by atoms with Crippen LogP contribution in [0.15, 0.2) is 18.3 Å². The second-order valence-corrected chi connectivity index (χ2v) is 4.47. The van der Waals surface area contributed by atoms with Crippen LogP contribution < -0.4 is 10.1 Å². The van der Waals surface area contributed by atoms with Crippen LogP contribution in [0.1, 0.15) is 30.1 Å². The molecular formula is C13H16N2O4. The van der Waals surface area contributed by atoms with Gasteiger partial charge in [0, 0.05) is 12.2 Å². The predicted octanol–water partition coefficient (Wildman–Crippen LogP) is 1.07. The van der Waals surface area contributed by atoms with Crippen LogP contribution in [-0.4, -0.2) is 34.6 Å². The maximum atomic E-state index is 12.0. The molecule has 1 amide bonds. The van der Waals surface area contributed by atoms with Gasteiger partial charge in [0.05, 0.1) is 12.5 Å². The molecular weight excluding hydrogens is 248 g/mol. The number of nitrogens with zero attached hydrogens (tertiary/aromatic N) is 1. The third kappa shape index (κ3) is 3.01. The quantitative estimate of drug-likeness (QED) is 0.830. The number of nitrogens with one attached hydrogen (secondary N) is 1. The number of pyridine rings is 1. The fourth-order valence-corrected chi connectivity index (χ4v) is 2.02. The first-order chi connectivity index (χ1) is 9.11. The average molecular weight is 264 g/mol. The summed E-state index contributed by atoms with van der Waals surface area (Å²) in [6, 6.07) is 3.22. The Labute approximate surface area is 110 Å². The SMILES string of the molecule is CCOc1ncccc1C(=O)NC1CC(C(=O)O)C1. The highest BCUT2D eigenvalue weighted by Gasteiger charge is 2.35. The van der Waals surface area contributed by atoms with Crippen LogP contribution in [0.25, 0.3) is 0 Å². The number of carbonyl (C=O) groups excluding carboxylic acids is 1. The van der Waals surface area contributed by atoms with Crippen molar-refractivity contribution >= 4 is 11.9 Å². The fourth-order valence-electron chi connectivity index (χ4n) is 2.02. The van der Waals surface area contributed by atoms with Gasteiger partial charge >= 0.3 is 5.97 Å². The highest BCUT2D eigenvalue weighted by atomic mass is 16.5. The van der Waals surface area contributed by atoms with Crippen molar-refractivity contribution in [3.05, 3.63) is 23.9 Å². The van der Waals surface area contributed by atoms with Gasteiger partial charge in [-0.1, -0.05) is 0 Å². The summed E-state index contributed by atoms with van der Waals surface area (Å²) in [7, 11) is 0. The van der Waals surface area contributed by atoms with E-state index in [1.165, 1.54) is 0 Å². The Morgan fingerprint density at radius 2 is 2.26 bits per heavy atom. The van der Waals surface area contributed by atoms with E-state index < -0.39 is 5.97 Å². The second kappa shape index (κ2) is 5.69. The number of hydrogen-bond acceptors (Lipinski definition) is 4. The zero-order chi connectivity index (χ0) is 13.8. The second-order valence-electron chi connectivity index (χ2n) is 4.47. The van der Waals surface area contributed by atoms with E-state index in [-0.39, 0.29) is 17.9 Å². The van der Waals surface area contributed by atoms with E-state index in [9.17, 15) is 9.59 Å². The first-order valence-corrected chi connectivity index (χ1v) is 6.23. The summed E-state index contributed by atoms with van der Waals surface area (Å²) in [4.78, 5) is 26.7. The highest BCUT2D eigenvalue weighted by Crippen LogP contribution is 2.28. The lowest BCUT2D eigenvalue weighted by Gasteiger charge is -2.32. The van der Waals surface area contributed by atoms with Crippen LogP contribution in [0.5, 0.6) is 5.88 Å². The lowest BCUT2D eigenvalue weighted by Crippen LogP contribution is -2.46. The van der Waals surface area contributed by atoms with E-state index in [0.29, 0.717) is 30.9 Å². The van der Waals surface area contributed by atoms with E-state index in [0.717, 1.165) is 0 Å². The van der Waals surface area contributed by atoms with Gasteiger partial charge in [0.15, 0.2) is 0 Å². The smallest absolute Gasteiger partial charge is 0.306 e. The molecule has 19 heavy (non-hydrogen) atoms. The maximum Gasteiger partial charge on any atom is 0.306 e. The predicted molar refractivity (Wildman–Crippen MR) is 67.0 cm³/mol. The summed E-state index contributed by atoms with van der Waals surface area (Å²) in [5.41, 5.74) is 0.378. The molecule has 0 atom stereocenters. The van der Waals surface area contributed by atoms with Crippen molar-refractivity contribution in [2.24, 2.45) is 5.92 Å². The summed E-state index contributed by atoms with van der Waals surface area (Å²) >= 11 is 0. The van der Waals surface area contributed by atoms with Gasteiger partial charge in [-0.15, -0.1) is 0 Å².